The summed E-state index contributed by atoms with van der Waals surface area (Å²) in [7, 11) is 0. The Balaban J connectivity index is 2.31. The van der Waals surface area contributed by atoms with E-state index in [0.29, 0.717) is 18.8 Å². The van der Waals surface area contributed by atoms with E-state index in [4.69, 9.17) is 9.47 Å². The Labute approximate surface area is 90.1 Å². The topological polar surface area (TPSA) is 35.5 Å². The van der Waals surface area contributed by atoms with Crippen LogP contribution in [0.1, 0.15) is 22.2 Å². The molecule has 0 bridgehead atoms. The van der Waals surface area contributed by atoms with Gasteiger partial charge in [0.05, 0.1) is 13.2 Å². The fourth-order valence-corrected chi connectivity index (χ4v) is 1.92. The van der Waals surface area contributed by atoms with Crippen LogP contribution in [-0.2, 0) is 9.47 Å². The Bertz CT molecular complexity index is 345. The van der Waals surface area contributed by atoms with Gasteiger partial charge in [-0.05, 0) is 18.2 Å². The van der Waals surface area contributed by atoms with E-state index in [2.05, 4.69) is 15.9 Å². The van der Waals surface area contributed by atoms with Crippen LogP contribution in [0, 0.1) is 0 Å². The Hall–Kier alpha value is -0.710. The molecule has 1 heterocycles. The second kappa shape index (κ2) is 4.21. The molecule has 14 heavy (non-hydrogen) atoms. The molecule has 0 amide bonds. The van der Waals surface area contributed by atoms with E-state index in [0.717, 1.165) is 16.3 Å². The van der Waals surface area contributed by atoms with Gasteiger partial charge in [0, 0.05) is 15.6 Å². The molecule has 1 aromatic rings. The lowest BCUT2D eigenvalue weighted by molar-refractivity contribution is -0.0441. The average Bonchev–Trinajstić information content (AvgIpc) is 2.69. The van der Waals surface area contributed by atoms with Crippen LogP contribution in [0.5, 0.6) is 0 Å². The summed E-state index contributed by atoms with van der Waals surface area (Å²) in [6, 6.07) is 5.42. The summed E-state index contributed by atoms with van der Waals surface area (Å²) in [5, 5.41) is 0. The van der Waals surface area contributed by atoms with Gasteiger partial charge in [0.25, 0.3) is 0 Å². The van der Waals surface area contributed by atoms with E-state index < -0.39 is 0 Å². The van der Waals surface area contributed by atoms with Crippen LogP contribution in [0.2, 0.25) is 0 Å². The predicted octanol–water partition coefficient (Wildman–Crippen LogP) is 2.31. The number of carbonyl (C=O) groups is 1. The summed E-state index contributed by atoms with van der Waals surface area (Å²) < 4.78 is 11.5. The van der Waals surface area contributed by atoms with Crippen LogP contribution in [0.15, 0.2) is 22.7 Å². The molecule has 0 spiro atoms. The van der Waals surface area contributed by atoms with Crippen molar-refractivity contribution in [2.75, 3.05) is 13.2 Å². The lowest BCUT2D eigenvalue weighted by Crippen LogP contribution is -1.99. The van der Waals surface area contributed by atoms with Crippen molar-refractivity contribution < 1.29 is 14.3 Å². The normalized spacial score (nSPS) is 17.2. The number of carbonyl (C=O) groups excluding carboxylic acids is 1. The van der Waals surface area contributed by atoms with Gasteiger partial charge in [-0.2, -0.15) is 0 Å². The molecule has 0 aromatic heterocycles. The minimum Gasteiger partial charge on any atom is -0.346 e. The van der Waals surface area contributed by atoms with Crippen molar-refractivity contribution in [3.05, 3.63) is 33.8 Å². The molecule has 0 N–H and O–H groups in total. The van der Waals surface area contributed by atoms with Crippen LogP contribution >= 0.6 is 15.9 Å². The van der Waals surface area contributed by atoms with Crippen molar-refractivity contribution >= 4 is 22.2 Å². The van der Waals surface area contributed by atoms with Gasteiger partial charge in [0.15, 0.2) is 6.29 Å². The summed E-state index contributed by atoms with van der Waals surface area (Å²) in [6.45, 7) is 1.21. The second-order valence-electron chi connectivity index (χ2n) is 3.01. The van der Waals surface area contributed by atoms with E-state index in [1.54, 1.807) is 12.1 Å². The highest BCUT2D eigenvalue weighted by Gasteiger charge is 2.18. The molecule has 0 radical (unpaired) electrons. The van der Waals surface area contributed by atoms with Crippen LogP contribution in [0.25, 0.3) is 0 Å². The lowest BCUT2D eigenvalue weighted by atomic mass is 10.1. The number of hydrogen-bond acceptors (Lipinski definition) is 3. The number of benzene rings is 1. The SMILES string of the molecule is O=Cc1cc(Br)cc(C2OCCO2)c1. The molecule has 3 nitrogen and oxygen atoms in total. The first-order chi connectivity index (χ1) is 6.79. The molecule has 1 aliphatic heterocycles. The fraction of sp³-hybridized carbons (Fsp3) is 0.300. The highest BCUT2D eigenvalue weighted by Crippen LogP contribution is 2.26. The molecular weight excluding hydrogens is 248 g/mol. The molecule has 1 aliphatic rings. The van der Waals surface area contributed by atoms with Gasteiger partial charge in [-0.25, -0.2) is 0 Å². The zero-order valence-electron chi connectivity index (χ0n) is 7.40. The average molecular weight is 257 g/mol. The number of ether oxygens (including phenoxy) is 2. The van der Waals surface area contributed by atoms with E-state index in [1.165, 1.54) is 0 Å². The van der Waals surface area contributed by atoms with Gasteiger partial charge in [-0.3, -0.25) is 4.79 Å². The summed E-state index contributed by atoms with van der Waals surface area (Å²) in [4.78, 5) is 10.6. The van der Waals surface area contributed by atoms with Crippen LogP contribution in [0.3, 0.4) is 0 Å². The molecule has 0 saturated carbocycles. The van der Waals surface area contributed by atoms with Gasteiger partial charge in [0.2, 0.25) is 0 Å². The maximum absolute atomic E-state index is 10.6. The quantitative estimate of drug-likeness (QED) is 0.762. The Kier molecular flexibility index (Phi) is 2.96. The van der Waals surface area contributed by atoms with Crippen molar-refractivity contribution in [1.82, 2.24) is 0 Å². The maximum Gasteiger partial charge on any atom is 0.184 e. The third-order valence-corrected chi connectivity index (χ3v) is 2.43. The monoisotopic (exact) mass is 256 g/mol. The number of aldehydes is 1. The smallest absolute Gasteiger partial charge is 0.184 e. The van der Waals surface area contributed by atoms with E-state index >= 15 is 0 Å². The summed E-state index contributed by atoms with van der Waals surface area (Å²) in [5.41, 5.74) is 1.49. The van der Waals surface area contributed by atoms with E-state index in [-0.39, 0.29) is 6.29 Å². The molecule has 1 aromatic carbocycles. The van der Waals surface area contributed by atoms with Crippen LogP contribution in [0.4, 0.5) is 0 Å². The number of halogens is 1. The maximum atomic E-state index is 10.6. The number of hydrogen-bond donors (Lipinski definition) is 0. The first-order valence-corrected chi connectivity index (χ1v) is 5.08. The van der Waals surface area contributed by atoms with Crippen molar-refractivity contribution in [2.45, 2.75) is 6.29 Å². The van der Waals surface area contributed by atoms with Gasteiger partial charge in [0.1, 0.15) is 6.29 Å². The van der Waals surface area contributed by atoms with Gasteiger partial charge < -0.3 is 9.47 Å². The molecule has 1 fully saturated rings. The predicted molar refractivity (Wildman–Crippen MR) is 54.2 cm³/mol. The molecule has 2 rings (SSSR count). The molecular formula is C10H9BrO3. The van der Waals surface area contributed by atoms with Crippen LogP contribution < -0.4 is 0 Å². The van der Waals surface area contributed by atoms with E-state index in [9.17, 15) is 4.79 Å². The molecule has 0 unspecified atom stereocenters. The lowest BCUT2D eigenvalue weighted by Gasteiger charge is -2.09. The fourth-order valence-electron chi connectivity index (χ4n) is 1.39. The highest BCUT2D eigenvalue weighted by atomic mass is 79.9. The molecule has 74 valence electrons. The summed E-state index contributed by atoms with van der Waals surface area (Å²) >= 11 is 3.33. The van der Waals surface area contributed by atoms with Crippen molar-refractivity contribution in [3.8, 4) is 0 Å². The first kappa shape index (κ1) is 9.83. The molecule has 0 atom stereocenters. The third kappa shape index (κ3) is 2.03. The second-order valence-corrected chi connectivity index (χ2v) is 3.92. The summed E-state index contributed by atoms with van der Waals surface area (Å²) in [6.07, 6.45) is 0.481. The summed E-state index contributed by atoms with van der Waals surface area (Å²) in [5.74, 6) is 0. The van der Waals surface area contributed by atoms with Crippen molar-refractivity contribution in [2.24, 2.45) is 0 Å². The third-order valence-electron chi connectivity index (χ3n) is 1.97. The minimum atomic E-state index is -0.328. The molecule has 1 saturated heterocycles. The zero-order chi connectivity index (χ0) is 9.97. The highest BCUT2D eigenvalue weighted by molar-refractivity contribution is 9.10. The van der Waals surface area contributed by atoms with Gasteiger partial charge >= 0.3 is 0 Å². The largest absolute Gasteiger partial charge is 0.346 e. The van der Waals surface area contributed by atoms with Gasteiger partial charge in [-0.1, -0.05) is 15.9 Å². The van der Waals surface area contributed by atoms with Crippen molar-refractivity contribution in [3.63, 3.8) is 0 Å². The Morgan fingerprint density at radius 1 is 1.29 bits per heavy atom. The van der Waals surface area contributed by atoms with Crippen molar-refractivity contribution in [1.29, 1.82) is 0 Å². The Morgan fingerprint density at radius 2 is 2.00 bits per heavy atom. The minimum absolute atomic E-state index is 0.328. The zero-order valence-corrected chi connectivity index (χ0v) is 8.99. The molecule has 0 aliphatic carbocycles. The number of rotatable bonds is 2. The molecule has 4 heteroatoms. The standard InChI is InChI=1S/C10H9BrO3/c11-9-4-7(6-12)3-8(5-9)10-13-1-2-14-10/h3-6,10H,1-2H2. The van der Waals surface area contributed by atoms with E-state index in [1.807, 2.05) is 6.07 Å². The van der Waals surface area contributed by atoms with Crippen LogP contribution in [-0.4, -0.2) is 19.5 Å². The Morgan fingerprint density at radius 3 is 2.64 bits per heavy atom. The first-order valence-electron chi connectivity index (χ1n) is 4.28. The van der Waals surface area contributed by atoms with Gasteiger partial charge in [-0.15, -0.1) is 0 Å².